The van der Waals surface area contributed by atoms with Crippen LogP contribution in [0.3, 0.4) is 0 Å². The van der Waals surface area contributed by atoms with E-state index in [1.54, 1.807) is 18.4 Å². The quantitative estimate of drug-likeness (QED) is 0.559. The highest BCUT2D eigenvalue weighted by atomic mass is 35.5. The Hall–Kier alpha value is -1.82. The lowest BCUT2D eigenvalue weighted by Gasteiger charge is -2.18. The summed E-state index contributed by atoms with van der Waals surface area (Å²) in [6, 6.07) is 11.1. The number of carbonyl (C=O) groups excluding carboxylic acids is 1. The van der Waals surface area contributed by atoms with Crippen LogP contribution in [0.25, 0.3) is 0 Å². The summed E-state index contributed by atoms with van der Waals surface area (Å²) in [6.07, 6.45) is 2.12. The van der Waals surface area contributed by atoms with Crippen LogP contribution in [0.1, 0.15) is 31.1 Å². The van der Waals surface area contributed by atoms with Gasteiger partial charge in [-0.25, -0.2) is 0 Å². The van der Waals surface area contributed by atoms with E-state index in [9.17, 15) is 4.79 Å². The molecule has 5 nitrogen and oxygen atoms in total. The zero-order chi connectivity index (χ0) is 19.5. The van der Waals surface area contributed by atoms with Gasteiger partial charge in [-0.1, -0.05) is 37.6 Å². The first-order valence-corrected chi connectivity index (χ1v) is 9.87. The SMILES string of the molecule is CCN(CC)CCOCCNC(=O)C(Cc1ccco1)c1ccc(Cl)cc1. The molecule has 0 aliphatic heterocycles. The Morgan fingerprint density at radius 2 is 1.93 bits per heavy atom. The van der Waals surface area contributed by atoms with Gasteiger partial charge >= 0.3 is 0 Å². The number of amides is 1. The molecule has 6 heteroatoms. The molecule has 0 saturated heterocycles. The number of likely N-dealkylation sites (N-methyl/N-ethyl adjacent to an activating group) is 1. The molecule has 27 heavy (non-hydrogen) atoms. The number of carbonyl (C=O) groups is 1. The van der Waals surface area contributed by atoms with Crippen LogP contribution in [0.2, 0.25) is 5.02 Å². The van der Waals surface area contributed by atoms with Crippen LogP contribution < -0.4 is 5.32 Å². The van der Waals surface area contributed by atoms with Crippen molar-refractivity contribution >= 4 is 17.5 Å². The number of benzene rings is 1. The maximum Gasteiger partial charge on any atom is 0.228 e. The van der Waals surface area contributed by atoms with Gasteiger partial charge in [-0.15, -0.1) is 0 Å². The van der Waals surface area contributed by atoms with Crippen LogP contribution in [0.4, 0.5) is 0 Å². The van der Waals surface area contributed by atoms with E-state index < -0.39 is 0 Å². The van der Waals surface area contributed by atoms with Gasteiger partial charge in [0.2, 0.25) is 5.91 Å². The molecule has 0 aliphatic rings. The largest absolute Gasteiger partial charge is 0.469 e. The van der Waals surface area contributed by atoms with E-state index >= 15 is 0 Å². The molecule has 0 spiro atoms. The predicted octanol–water partition coefficient (Wildman–Crippen LogP) is 3.73. The van der Waals surface area contributed by atoms with E-state index in [-0.39, 0.29) is 11.8 Å². The topological polar surface area (TPSA) is 54.7 Å². The number of furan rings is 1. The van der Waals surface area contributed by atoms with Gasteiger partial charge in [0.15, 0.2) is 0 Å². The van der Waals surface area contributed by atoms with Crippen molar-refractivity contribution in [2.45, 2.75) is 26.2 Å². The summed E-state index contributed by atoms with van der Waals surface area (Å²) >= 11 is 5.97. The molecule has 148 valence electrons. The summed E-state index contributed by atoms with van der Waals surface area (Å²) in [5, 5.41) is 3.62. The second-order valence-electron chi connectivity index (χ2n) is 6.32. The van der Waals surface area contributed by atoms with Gasteiger partial charge in [0.25, 0.3) is 0 Å². The first-order valence-electron chi connectivity index (χ1n) is 9.49. The lowest BCUT2D eigenvalue weighted by Crippen LogP contribution is -2.34. The van der Waals surface area contributed by atoms with E-state index in [2.05, 4.69) is 24.1 Å². The van der Waals surface area contributed by atoms with Crippen LogP contribution in [0, 0.1) is 0 Å². The summed E-state index contributed by atoms with van der Waals surface area (Å²) in [4.78, 5) is 15.0. The molecule has 1 unspecified atom stereocenters. The maximum absolute atomic E-state index is 12.7. The Kier molecular flexibility index (Phi) is 9.39. The fourth-order valence-electron chi connectivity index (χ4n) is 2.89. The van der Waals surface area contributed by atoms with E-state index in [0.29, 0.717) is 31.2 Å². The van der Waals surface area contributed by atoms with Crippen molar-refractivity contribution in [1.29, 1.82) is 0 Å². The summed E-state index contributed by atoms with van der Waals surface area (Å²) < 4.78 is 11.1. The highest BCUT2D eigenvalue weighted by molar-refractivity contribution is 6.30. The Bertz CT molecular complexity index is 655. The van der Waals surface area contributed by atoms with Crippen molar-refractivity contribution in [3.63, 3.8) is 0 Å². The number of rotatable bonds is 12. The molecule has 2 rings (SSSR count). The van der Waals surface area contributed by atoms with E-state index in [4.69, 9.17) is 20.8 Å². The standard InChI is InChI=1S/C21H29ClN2O3/c1-3-24(4-2)12-15-26-14-11-23-21(25)20(16-19-6-5-13-27-19)17-7-9-18(22)10-8-17/h5-10,13,20H,3-4,11-12,14-16H2,1-2H3,(H,23,25). The van der Waals surface area contributed by atoms with Crippen LogP contribution in [-0.2, 0) is 16.0 Å². The third-order valence-corrected chi connectivity index (χ3v) is 4.82. The summed E-state index contributed by atoms with van der Waals surface area (Å²) in [7, 11) is 0. The molecule has 0 radical (unpaired) electrons. The Labute approximate surface area is 166 Å². The maximum atomic E-state index is 12.7. The molecule has 0 bridgehead atoms. The van der Waals surface area contributed by atoms with Gasteiger partial charge in [0.1, 0.15) is 5.76 Å². The van der Waals surface area contributed by atoms with Gasteiger partial charge in [-0.2, -0.15) is 0 Å². The molecular formula is C21H29ClN2O3. The third kappa shape index (κ3) is 7.37. The van der Waals surface area contributed by atoms with Crippen molar-refractivity contribution in [1.82, 2.24) is 10.2 Å². The van der Waals surface area contributed by atoms with Crippen LogP contribution in [0.5, 0.6) is 0 Å². The predicted molar refractivity (Wildman–Crippen MR) is 108 cm³/mol. The van der Waals surface area contributed by atoms with Crippen molar-refractivity contribution in [3.05, 3.63) is 59.0 Å². The molecule has 0 aliphatic carbocycles. The minimum atomic E-state index is -0.330. The highest BCUT2D eigenvalue weighted by Crippen LogP contribution is 2.23. The van der Waals surface area contributed by atoms with Crippen molar-refractivity contribution in [3.8, 4) is 0 Å². The fourth-order valence-corrected chi connectivity index (χ4v) is 3.02. The molecule has 1 heterocycles. The minimum absolute atomic E-state index is 0.0407. The Balaban J connectivity index is 1.83. The average molecular weight is 393 g/mol. The molecule has 1 atom stereocenters. The van der Waals surface area contributed by atoms with E-state index in [1.165, 1.54) is 0 Å². The first-order chi connectivity index (χ1) is 13.1. The minimum Gasteiger partial charge on any atom is -0.469 e. The van der Waals surface area contributed by atoms with Crippen LogP contribution >= 0.6 is 11.6 Å². The second-order valence-corrected chi connectivity index (χ2v) is 6.75. The third-order valence-electron chi connectivity index (χ3n) is 4.57. The molecule has 1 amide bonds. The second kappa shape index (κ2) is 11.8. The van der Waals surface area contributed by atoms with Gasteiger partial charge in [0.05, 0.1) is 25.4 Å². The van der Waals surface area contributed by atoms with Gasteiger partial charge in [0, 0.05) is 24.5 Å². The molecular weight excluding hydrogens is 364 g/mol. The summed E-state index contributed by atoms with van der Waals surface area (Å²) in [5.41, 5.74) is 0.913. The zero-order valence-electron chi connectivity index (χ0n) is 16.1. The number of halogens is 1. The monoisotopic (exact) mass is 392 g/mol. The lowest BCUT2D eigenvalue weighted by molar-refractivity contribution is -0.122. The van der Waals surface area contributed by atoms with Gasteiger partial charge < -0.3 is 19.4 Å². The number of nitrogens with zero attached hydrogens (tertiary/aromatic N) is 1. The molecule has 1 N–H and O–H groups in total. The molecule has 2 aromatic rings. The number of hydrogen-bond donors (Lipinski definition) is 1. The molecule has 0 fully saturated rings. The molecule has 1 aromatic heterocycles. The fraction of sp³-hybridized carbons (Fsp3) is 0.476. The number of nitrogens with one attached hydrogen (secondary N) is 1. The van der Waals surface area contributed by atoms with Gasteiger partial charge in [-0.3, -0.25) is 4.79 Å². The Morgan fingerprint density at radius 3 is 2.56 bits per heavy atom. The average Bonchev–Trinajstić information content (AvgIpc) is 3.19. The summed E-state index contributed by atoms with van der Waals surface area (Å²) in [6.45, 7) is 8.88. The molecule has 0 saturated carbocycles. The highest BCUT2D eigenvalue weighted by Gasteiger charge is 2.22. The number of ether oxygens (including phenoxy) is 1. The number of hydrogen-bond acceptors (Lipinski definition) is 4. The van der Waals surface area contributed by atoms with Gasteiger partial charge in [-0.05, 0) is 42.9 Å². The van der Waals surface area contributed by atoms with Crippen LogP contribution in [-0.4, -0.2) is 50.2 Å². The van der Waals surface area contributed by atoms with Crippen molar-refractivity contribution in [2.75, 3.05) is 39.4 Å². The summed E-state index contributed by atoms with van der Waals surface area (Å²) in [5.74, 6) is 0.408. The van der Waals surface area contributed by atoms with E-state index in [1.807, 2.05) is 24.3 Å². The van der Waals surface area contributed by atoms with Crippen LogP contribution in [0.15, 0.2) is 47.1 Å². The zero-order valence-corrected chi connectivity index (χ0v) is 16.9. The lowest BCUT2D eigenvalue weighted by atomic mass is 9.93. The first kappa shape index (κ1) is 21.5. The Morgan fingerprint density at radius 1 is 1.19 bits per heavy atom. The van der Waals surface area contributed by atoms with E-state index in [0.717, 1.165) is 31.0 Å². The van der Waals surface area contributed by atoms with Crippen molar-refractivity contribution in [2.24, 2.45) is 0 Å². The molecule has 1 aromatic carbocycles. The normalized spacial score (nSPS) is 12.3. The van der Waals surface area contributed by atoms with Crippen molar-refractivity contribution < 1.29 is 13.9 Å². The smallest absolute Gasteiger partial charge is 0.228 e.